The van der Waals surface area contributed by atoms with Gasteiger partial charge >= 0.3 is 0 Å². The molecule has 0 saturated carbocycles. The van der Waals surface area contributed by atoms with Gasteiger partial charge in [-0.05, 0) is 59.7 Å². The number of hydrogen-bond donors (Lipinski definition) is 2. The van der Waals surface area contributed by atoms with Crippen LogP contribution in [0.5, 0.6) is 0 Å². The number of rotatable bonds is 7. The van der Waals surface area contributed by atoms with Crippen molar-refractivity contribution in [2.24, 2.45) is 0 Å². The molecule has 0 bridgehead atoms. The number of benzene rings is 3. The zero-order chi connectivity index (χ0) is 22.6. The van der Waals surface area contributed by atoms with E-state index in [-0.39, 0.29) is 23.3 Å². The van der Waals surface area contributed by atoms with E-state index in [0.717, 1.165) is 22.0 Å². The molecule has 0 spiro atoms. The predicted molar refractivity (Wildman–Crippen MR) is 126 cm³/mol. The van der Waals surface area contributed by atoms with Gasteiger partial charge in [0.15, 0.2) is 0 Å². The van der Waals surface area contributed by atoms with Crippen LogP contribution < -0.4 is 10.0 Å². The van der Waals surface area contributed by atoms with Crippen LogP contribution >= 0.6 is 0 Å². The Bertz CT molecular complexity index is 1340. The summed E-state index contributed by atoms with van der Waals surface area (Å²) in [4.78, 5) is 16.8. The summed E-state index contributed by atoms with van der Waals surface area (Å²) in [5.74, 6) is -0.132. The van der Waals surface area contributed by atoms with E-state index in [2.05, 4.69) is 15.0 Å². The van der Waals surface area contributed by atoms with Crippen LogP contribution in [0.25, 0.3) is 10.8 Å². The first-order chi connectivity index (χ1) is 15.4. The SMILES string of the molecule is CC(NC(=O)Cc1ccc(NS(=O)(=O)c2ccc3ccccc3c2)cc1)c1ccccn1. The standard InChI is InChI=1S/C25H23N3O3S/c1-18(24-8-4-5-15-26-24)27-25(29)16-19-9-12-22(13-10-19)28-32(30,31)23-14-11-20-6-2-3-7-21(20)17-23/h2-15,17-18,28H,16H2,1H3,(H,27,29). The lowest BCUT2D eigenvalue weighted by Gasteiger charge is -2.13. The van der Waals surface area contributed by atoms with E-state index in [4.69, 9.17) is 0 Å². The molecule has 6 nitrogen and oxygen atoms in total. The maximum Gasteiger partial charge on any atom is 0.261 e. The van der Waals surface area contributed by atoms with Gasteiger partial charge in [-0.15, -0.1) is 0 Å². The van der Waals surface area contributed by atoms with E-state index in [1.165, 1.54) is 0 Å². The fourth-order valence-corrected chi connectivity index (χ4v) is 4.52. The van der Waals surface area contributed by atoms with Crippen LogP contribution in [0.2, 0.25) is 0 Å². The molecule has 2 N–H and O–H groups in total. The number of pyridine rings is 1. The van der Waals surface area contributed by atoms with Crippen molar-refractivity contribution in [3.8, 4) is 0 Å². The Morgan fingerprint density at radius 1 is 0.906 bits per heavy atom. The molecule has 1 amide bonds. The monoisotopic (exact) mass is 445 g/mol. The van der Waals surface area contributed by atoms with Crippen molar-refractivity contribution in [2.75, 3.05) is 4.72 Å². The summed E-state index contributed by atoms with van der Waals surface area (Å²) in [6, 6.07) is 24.8. The Kier molecular flexibility index (Phi) is 6.18. The van der Waals surface area contributed by atoms with Crippen molar-refractivity contribution in [3.63, 3.8) is 0 Å². The van der Waals surface area contributed by atoms with Gasteiger partial charge in [-0.25, -0.2) is 8.42 Å². The predicted octanol–water partition coefficient (Wildman–Crippen LogP) is 4.46. The number of anilines is 1. The van der Waals surface area contributed by atoms with Crippen LogP contribution in [-0.4, -0.2) is 19.3 Å². The van der Waals surface area contributed by atoms with Crippen LogP contribution in [0.15, 0.2) is 96.0 Å². The van der Waals surface area contributed by atoms with Gasteiger partial charge in [-0.1, -0.05) is 48.5 Å². The Morgan fingerprint density at radius 3 is 2.34 bits per heavy atom. The van der Waals surface area contributed by atoms with Crippen LogP contribution in [0.3, 0.4) is 0 Å². The van der Waals surface area contributed by atoms with Crippen LogP contribution in [-0.2, 0) is 21.2 Å². The minimum Gasteiger partial charge on any atom is -0.348 e. The van der Waals surface area contributed by atoms with Crippen molar-refractivity contribution in [2.45, 2.75) is 24.3 Å². The topological polar surface area (TPSA) is 88.2 Å². The average molecular weight is 446 g/mol. The Hall–Kier alpha value is -3.71. The zero-order valence-corrected chi connectivity index (χ0v) is 18.3. The van der Waals surface area contributed by atoms with Crippen molar-refractivity contribution in [1.29, 1.82) is 0 Å². The first-order valence-electron chi connectivity index (χ1n) is 10.2. The molecule has 0 radical (unpaired) electrons. The number of nitrogens with zero attached hydrogens (tertiary/aromatic N) is 1. The number of carbonyl (C=O) groups excluding carboxylic acids is 1. The van der Waals surface area contributed by atoms with Crippen molar-refractivity contribution < 1.29 is 13.2 Å². The van der Waals surface area contributed by atoms with Crippen LogP contribution in [0.1, 0.15) is 24.2 Å². The third-order valence-electron chi connectivity index (χ3n) is 5.11. The van der Waals surface area contributed by atoms with Crippen LogP contribution in [0.4, 0.5) is 5.69 Å². The van der Waals surface area contributed by atoms with E-state index in [1.807, 2.05) is 49.4 Å². The first-order valence-corrected chi connectivity index (χ1v) is 11.7. The number of amides is 1. The van der Waals surface area contributed by atoms with Gasteiger partial charge in [0, 0.05) is 11.9 Å². The van der Waals surface area contributed by atoms with Crippen LogP contribution in [0, 0.1) is 0 Å². The van der Waals surface area contributed by atoms with Crippen molar-refractivity contribution in [3.05, 3.63) is 102 Å². The van der Waals surface area contributed by atoms with E-state index in [9.17, 15) is 13.2 Å². The number of fused-ring (bicyclic) bond motifs is 1. The molecule has 1 aromatic heterocycles. The molecule has 0 fully saturated rings. The lowest BCUT2D eigenvalue weighted by Crippen LogP contribution is -2.28. The minimum absolute atomic E-state index is 0.132. The molecule has 0 aliphatic carbocycles. The lowest BCUT2D eigenvalue weighted by atomic mass is 10.1. The highest BCUT2D eigenvalue weighted by molar-refractivity contribution is 7.92. The number of aromatic nitrogens is 1. The highest BCUT2D eigenvalue weighted by atomic mass is 32.2. The Balaban J connectivity index is 1.40. The summed E-state index contributed by atoms with van der Waals surface area (Å²) in [5, 5.41) is 4.76. The highest BCUT2D eigenvalue weighted by Gasteiger charge is 2.15. The third-order valence-corrected chi connectivity index (χ3v) is 6.49. The van der Waals surface area contributed by atoms with Gasteiger partial charge < -0.3 is 5.32 Å². The second-order valence-electron chi connectivity index (χ2n) is 7.53. The fraction of sp³-hybridized carbons (Fsp3) is 0.120. The molecule has 0 saturated heterocycles. The summed E-state index contributed by atoms with van der Waals surface area (Å²) in [7, 11) is -3.72. The van der Waals surface area contributed by atoms with Gasteiger partial charge in [0.2, 0.25) is 5.91 Å². The molecule has 1 atom stereocenters. The summed E-state index contributed by atoms with van der Waals surface area (Å²) in [6.45, 7) is 1.88. The fourth-order valence-electron chi connectivity index (χ4n) is 3.42. The average Bonchev–Trinajstić information content (AvgIpc) is 2.80. The summed E-state index contributed by atoms with van der Waals surface area (Å²) < 4.78 is 28.2. The lowest BCUT2D eigenvalue weighted by molar-refractivity contribution is -0.121. The number of sulfonamides is 1. The zero-order valence-electron chi connectivity index (χ0n) is 17.5. The molecule has 162 valence electrons. The molecule has 4 aromatic rings. The molecular formula is C25H23N3O3S. The van der Waals surface area contributed by atoms with Gasteiger partial charge in [0.1, 0.15) is 0 Å². The second kappa shape index (κ2) is 9.20. The van der Waals surface area contributed by atoms with Gasteiger partial charge in [-0.3, -0.25) is 14.5 Å². The first kappa shape index (κ1) is 21.5. The van der Waals surface area contributed by atoms with Crippen molar-refractivity contribution in [1.82, 2.24) is 10.3 Å². The number of nitrogens with one attached hydrogen (secondary N) is 2. The molecular weight excluding hydrogens is 422 g/mol. The van der Waals surface area contributed by atoms with Gasteiger partial charge in [-0.2, -0.15) is 0 Å². The third kappa shape index (κ3) is 5.12. The molecule has 7 heteroatoms. The molecule has 0 aliphatic heterocycles. The molecule has 0 aliphatic rings. The molecule has 4 rings (SSSR count). The molecule has 1 unspecified atom stereocenters. The normalized spacial score (nSPS) is 12.3. The largest absolute Gasteiger partial charge is 0.348 e. The Morgan fingerprint density at radius 2 is 1.62 bits per heavy atom. The Labute approximate surface area is 187 Å². The molecule has 1 heterocycles. The van der Waals surface area contributed by atoms with Crippen molar-refractivity contribution >= 4 is 32.4 Å². The van der Waals surface area contributed by atoms with E-state index in [0.29, 0.717) is 5.69 Å². The van der Waals surface area contributed by atoms with E-state index < -0.39 is 10.0 Å². The summed E-state index contributed by atoms with van der Waals surface area (Å²) in [6.07, 6.45) is 1.88. The molecule has 3 aromatic carbocycles. The van der Waals surface area contributed by atoms with E-state index in [1.54, 1.807) is 48.7 Å². The second-order valence-corrected chi connectivity index (χ2v) is 9.21. The van der Waals surface area contributed by atoms with Gasteiger partial charge in [0.25, 0.3) is 10.0 Å². The van der Waals surface area contributed by atoms with Gasteiger partial charge in [0.05, 0.1) is 23.1 Å². The summed E-state index contributed by atoms with van der Waals surface area (Å²) in [5.41, 5.74) is 2.01. The maximum atomic E-state index is 12.8. The summed E-state index contributed by atoms with van der Waals surface area (Å²) >= 11 is 0. The minimum atomic E-state index is -3.72. The highest BCUT2D eigenvalue weighted by Crippen LogP contribution is 2.22. The number of hydrogen-bond acceptors (Lipinski definition) is 4. The quantitative estimate of drug-likeness (QED) is 0.440. The van der Waals surface area contributed by atoms with E-state index >= 15 is 0 Å². The smallest absolute Gasteiger partial charge is 0.261 e. The maximum absolute atomic E-state index is 12.8. The molecule has 32 heavy (non-hydrogen) atoms. The number of carbonyl (C=O) groups is 1.